The van der Waals surface area contributed by atoms with E-state index in [1.54, 1.807) is 0 Å². The number of hydrogen-bond acceptors (Lipinski definition) is 1. The van der Waals surface area contributed by atoms with Crippen LogP contribution in [0.1, 0.15) is 79.6 Å². The lowest BCUT2D eigenvalue weighted by Gasteiger charge is -2.33. The third kappa shape index (κ3) is 5.73. The molecule has 0 aromatic carbocycles. The maximum atomic E-state index is 3.83. The minimum Gasteiger partial charge on any atom is -0.314 e. The largest absolute Gasteiger partial charge is 0.314 e. The van der Waals surface area contributed by atoms with Crippen molar-refractivity contribution in [3.8, 4) is 0 Å². The van der Waals surface area contributed by atoms with Crippen molar-refractivity contribution < 1.29 is 0 Å². The fraction of sp³-hybridized carbons (Fsp3) is 1.00. The van der Waals surface area contributed by atoms with Crippen molar-refractivity contribution in [1.29, 1.82) is 0 Å². The Labute approximate surface area is 115 Å². The lowest BCUT2D eigenvalue weighted by Crippen LogP contribution is -2.38. The molecule has 0 aromatic heterocycles. The Morgan fingerprint density at radius 2 is 1.50 bits per heavy atom. The van der Waals surface area contributed by atoms with E-state index in [4.69, 9.17) is 0 Å². The summed E-state index contributed by atoms with van der Waals surface area (Å²) in [5.74, 6) is 1.68. The van der Waals surface area contributed by atoms with E-state index in [9.17, 15) is 0 Å². The van der Waals surface area contributed by atoms with E-state index >= 15 is 0 Å². The second kappa shape index (κ2) is 7.53. The average molecular weight is 253 g/mol. The fourth-order valence-corrected chi connectivity index (χ4v) is 3.52. The van der Waals surface area contributed by atoms with Gasteiger partial charge in [0.1, 0.15) is 0 Å². The molecule has 1 heteroatoms. The van der Waals surface area contributed by atoms with Gasteiger partial charge >= 0.3 is 0 Å². The second-order valence-electron chi connectivity index (χ2n) is 7.56. The molecule has 1 rings (SSSR count). The average Bonchev–Trinajstić information content (AvgIpc) is 2.71. The van der Waals surface area contributed by atoms with Crippen LogP contribution in [0.15, 0.2) is 0 Å². The Morgan fingerprint density at radius 1 is 0.889 bits per heavy atom. The molecule has 0 aliphatic heterocycles. The molecule has 0 radical (unpaired) electrons. The quantitative estimate of drug-likeness (QED) is 0.641. The third-order valence-electron chi connectivity index (χ3n) is 4.51. The van der Waals surface area contributed by atoms with Gasteiger partial charge in [0.25, 0.3) is 0 Å². The smallest absolute Gasteiger partial charge is 0.00390 e. The molecule has 0 aromatic rings. The van der Waals surface area contributed by atoms with Crippen molar-refractivity contribution in [3.05, 3.63) is 0 Å². The SMILES string of the molecule is CC(C)CCC(C)NCC1(CC(C)C)CCCC1. The molecular formula is C17H35N. The highest BCUT2D eigenvalue weighted by Gasteiger charge is 2.34. The molecule has 18 heavy (non-hydrogen) atoms. The van der Waals surface area contributed by atoms with Crippen molar-refractivity contribution in [1.82, 2.24) is 5.32 Å². The predicted octanol–water partition coefficient (Wildman–Crippen LogP) is 5.01. The lowest BCUT2D eigenvalue weighted by molar-refractivity contribution is 0.214. The maximum Gasteiger partial charge on any atom is 0.00390 e. The Kier molecular flexibility index (Phi) is 6.70. The molecule has 1 saturated carbocycles. The summed E-state index contributed by atoms with van der Waals surface area (Å²) in [5, 5.41) is 3.83. The summed E-state index contributed by atoms with van der Waals surface area (Å²) < 4.78 is 0. The highest BCUT2D eigenvalue weighted by atomic mass is 14.9. The number of hydrogen-bond donors (Lipinski definition) is 1. The maximum absolute atomic E-state index is 3.83. The molecule has 108 valence electrons. The molecule has 0 heterocycles. The first-order valence-electron chi connectivity index (χ1n) is 8.17. The zero-order chi connectivity index (χ0) is 13.6. The van der Waals surface area contributed by atoms with Crippen molar-refractivity contribution >= 4 is 0 Å². The topological polar surface area (TPSA) is 12.0 Å². The molecule has 1 nitrogen and oxygen atoms in total. The molecule has 0 saturated heterocycles. The van der Waals surface area contributed by atoms with Gasteiger partial charge in [0, 0.05) is 12.6 Å². The Morgan fingerprint density at radius 3 is 2.00 bits per heavy atom. The van der Waals surface area contributed by atoms with Crippen molar-refractivity contribution in [2.24, 2.45) is 17.3 Å². The molecule has 1 aliphatic carbocycles. The Hall–Kier alpha value is -0.0400. The fourth-order valence-electron chi connectivity index (χ4n) is 3.52. The van der Waals surface area contributed by atoms with Gasteiger partial charge in [-0.25, -0.2) is 0 Å². The Balaban J connectivity index is 2.33. The minimum absolute atomic E-state index is 0.625. The lowest BCUT2D eigenvalue weighted by atomic mass is 9.78. The van der Waals surface area contributed by atoms with Gasteiger partial charge in [0.15, 0.2) is 0 Å². The predicted molar refractivity (Wildman–Crippen MR) is 81.9 cm³/mol. The van der Waals surface area contributed by atoms with Crippen LogP contribution in [0.2, 0.25) is 0 Å². The standard InChI is InChI=1S/C17H35N/c1-14(2)8-9-16(5)18-13-17(12-15(3)4)10-6-7-11-17/h14-16,18H,6-13H2,1-5H3. The van der Waals surface area contributed by atoms with Crippen LogP contribution in [0.5, 0.6) is 0 Å². The minimum atomic E-state index is 0.625. The molecule has 1 fully saturated rings. The van der Waals surface area contributed by atoms with E-state index in [0.29, 0.717) is 11.5 Å². The van der Waals surface area contributed by atoms with Crippen LogP contribution in [-0.4, -0.2) is 12.6 Å². The summed E-state index contributed by atoms with van der Waals surface area (Å²) in [7, 11) is 0. The molecule has 0 amide bonds. The van der Waals surface area contributed by atoms with Crippen LogP contribution >= 0.6 is 0 Å². The van der Waals surface area contributed by atoms with Crippen molar-refractivity contribution in [2.45, 2.75) is 85.6 Å². The second-order valence-corrected chi connectivity index (χ2v) is 7.56. The molecule has 1 unspecified atom stereocenters. The van der Waals surface area contributed by atoms with E-state index in [-0.39, 0.29) is 0 Å². The van der Waals surface area contributed by atoms with Gasteiger partial charge in [-0.05, 0) is 56.3 Å². The van der Waals surface area contributed by atoms with Crippen LogP contribution in [0.25, 0.3) is 0 Å². The molecule has 1 N–H and O–H groups in total. The van der Waals surface area contributed by atoms with Gasteiger partial charge < -0.3 is 5.32 Å². The van der Waals surface area contributed by atoms with Crippen LogP contribution in [0, 0.1) is 17.3 Å². The van der Waals surface area contributed by atoms with Crippen LogP contribution in [0.4, 0.5) is 0 Å². The van der Waals surface area contributed by atoms with Crippen LogP contribution in [0.3, 0.4) is 0 Å². The first-order valence-corrected chi connectivity index (χ1v) is 8.17. The highest BCUT2D eigenvalue weighted by Crippen LogP contribution is 2.42. The van der Waals surface area contributed by atoms with Crippen molar-refractivity contribution in [3.63, 3.8) is 0 Å². The third-order valence-corrected chi connectivity index (χ3v) is 4.51. The Bertz CT molecular complexity index is 214. The van der Waals surface area contributed by atoms with E-state index in [1.165, 1.54) is 51.5 Å². The van der Waals surface area contributed by atoms with Gasteiger partial charge in [-0.1, -0.05) is 40.5 Å². The zero-order valence-electron chi connectivity index (χ0n) is 13.4. The van der Waals surface area contributed by atoms with Crippen molar-refractivity contribution in [2.75, 3.05) is 6.54 Å². The molecular weight excluding hydrogens is 218 g/mol. The molecule has 0 bridgehead atoms. The number of rotatable bonds is 8. The number of nitrogens with one attached hydrogen (secondary N) is 1. The summed E-state index contributed by atoms with van der Waals surface area (Å²) in [6.45, 7) is 13.0. The summed E-state index contributed by atoms with van der Waals surface area (Å²) in [4.78, 5) is 0. The summed E-state index contributed by atoms with van der Waals surface area (Å²) >= 11 is 0. The van der Waals surface area contributed by atoms with Gasteiger partial charge in [-0.15, -0.1) is 0 Å². The molecule has 1 atom stereocenters. The van der Waals surface area contributed by atoms with Crippen LogP contribution < -0.4 is 5.32 Å². The van der Waals surface area contributed by atoms with Gasteiger partial charge in [-0.2, -0.15) is 0 Å². The van der Waals surface area contributed by atoms with E-state index in [1.807, 2.05) is 0 Å². The van der Waals surface area contributed by atoms with Gasteiger partial charge in [0.05, 0.1) is 0 Å². The van der Waals surface area contributed by atoms with E-state index in [0.717, 1.165) is 11.8 Å². The van der Waals surface area contributed by atoms with Gasteiger partial charge in [-0.3, -0.25) is 0 Å². The highest BCUT2D eigenvalue weighted by molar-refractivity contribution is 4.88. The normalized spacial score (nSPS) is 20.8. The molecule has 0 spiro atoms. The first-order chi connectivity index (χ1) is 8.43. The summed E-state index contributed by atoms with van der Waals surface area (Å²) in [5.41, 5.74) is 0.625. The zero-order valence-corrected chi connectivity index (χ0v) is 13.4. The first kappa shape index (κ1) is 16.0. The summed E-state index contributed by atoms with van der Waals surface area (Å²) in [6.07, 6.45) is 9.91. The van der Waals surface area contributed by atoms with Gasteiger partial charge in [0.2, 0.25) is 0 Å². The van der Waals surface area contributed by atoms with E-state index < -0.39 is 0 Å². The monoisotopic (exact) mass is 253 g/mol. The summed E-state index contributed by atoms with van der Waals surface area (Å²) in [6, 6.07) is 0.692. The van der Waals surface area contributed by atoms with E-state index in [2.05, 4.69) is 39.9 Å². The molecule has 1 aliphatic rings. The van der Waals surface area contributed by atoms with Crippen LogP contribution in [-0.2, 0) is 0 Å².